The molecule has 0 bridgehead atoms. The standard InChI is InChI=1S/C20H20N2O3/c1-4-14-5-8-16(9-6-14)22-18(12-17(21-22)20(23)24)15-7-10-19(25-3)13(2)11-15/h5-12H,4H2,1-3H3,(H,23,24). The molecular weight excluding hydrogens is 316 g/mol. The van der Waals surface area contributed by atoms with Crippen LogP contribution in [0.1, 0.15) is 28.5 Å². The molecule has 0 aliphatic heterocycles. The average molecular weight is 336 g/mol. The van der Waals surface area contributed by atoms with Crippen LogP contribution in [0.15, 0.2) is 48.5 Å². The Morgan fingerprint density at radius 2 is 1.88 bits per heavy atom. The first-order valence-electron chi connectivity index (χ1n) is 8.11. The predicted molar refractivity (Wildman–Crippen MR) is 96.6 cm³/mol. The highest BCUT2D eigenvalue weighted by molar-refractivity contribution is 5.87. The second-order valence-electron chi connectivity index (χ2n) is 5.84. The van der Waals surface area contributed by atoms with E-state index in [0.29, 0.717) is 0 Å². The Kier molecular flexibility index (Phi) is 4.57. The lowest BCUT2D eigenvalue weighted by Crippen LogP contribution is -2.02. The van der Waals surface area contributed by atoms with Crippen molar-refractivity contribution in [3.05, 3.63) is 65.4 Å². The number of carboxylic acid groups (broad SMARTS) is 1. The summed E-state index contributed by atoms with van der Waals surface area (Å²) in [4.78, 5) is 11.4. The first-order chi connectivity index (χ1) is 12.0. The minimum absolute atomic E-state index is 0.0167. The molecule has 0 aliphatic carbocycles. The summed E-state index contributed by atoms with van der Waals surface area (Å²) in [6, 6.07) is 15.3. The van der Waals surface area contributed by atoms with Crippen molar-refractivity contribution in [2.45, 2.75) is 20.3 Å². The number of carboxylic acids is 1. The maximum Gasteiger partial charge on any atom is 0.356 e. The summed E-state index contributed by atoms with van der Waals surface area (Å²) in [5.74, 6) is -0.254. The number of aryl methyl sites for hydroxylation is 2. The summed E-state index contributed by atoms with van der Waals surface area (Å²) >= 11 is 0. The van der Waals surface area contributed by atoms with E-state index >= 15 is 0 Å². The molecule has 0 saturated heterocycles. The van der Waals surface area contributed by atoms with Gasteiger partial charge in [-0.2, -0.15) is 5.10 Å². The van der Waals surface area contributed by atoms with Gasteiger partial charge in [0.1, 0.15) is 5.75 Å². The van der Waals surface area contributed by atoms with Crippen LogP contribution in [0.2, 0.25) is 0 Å². The van der Waals surface area contributed by atoms with Gasteiger partial charge in [-0.25, -0.2) is 9.48 Å². The molecule has 0 spiro atoms. The molecule has 2 aromatic carbocycles. The van der Waals surface area contributed by atoms with Crippen LogP contribution in [0.4, 0.5) is 0 Å². The quantitative estimate of drug-likeness (QED) is 0.761. The van der Waals surface area contributed by atoms with Crippen molar-refractivity contribution in [2.75, 3.05) is 7.11 Å². The second-order valence-corrected chi connectivity index (χ2v) is 5.84. The lowest BCUT2D eigenvalue weighted by atomic mass is 10.1. The highest BCUT2D eigenvalue weighted by Crippen LogP contribution is 2.28. The number of methoxy groups -OCH3 is 1. The minimum Gasteiger partial charge on any atom is -0.496 e. The Morgan fingerprint density at radius 3 is 2.44 bits per heavy atom. The Bertz CT molecular complexity index is 911. The topological polar surface area (TPSA) is 64.4 Å². The third kappa shape index (κ3) is 3.26. The van der Waals surface area contributed by atoms with E-state index in [1.165, 1.54) is 5.56 Å². The highest BCUT2D eigenvalue weighted by Gasteiger charge is 2.16. The summed E-state index contributed by atoms with van der Waals surface area (Å²) in [5.41, 5.74) is 4.66. The van der Waals surface area contributed by atoms with E-state index < -0.39 is 5.97 Å². The maximum atomic E-state index is 11.4. The monoisotopic (exact) mass is 336 g/mol. The molecule has 5 heteroatoms. The van der Waals surface area contributed by atoms with Crippen molar-refractivity contribution in [2.24, 2.45) is 0 Å². The highest BCUT2D eigenvalue weighted by atomic mass is 16.5. The number of hydrogen-bond donors (Lipinski definition) is 1. The van der Waals surface area contributed by atoms with E-state index in [0.717, 1.165) is 34.7 Å². The van der Waals surface area contributed by atoms with Crippen LogP contribution in [-0.4, -0.2) is 28.0 Å². The van der Waals surface area contributed by atoms with Gasteiger partial charge in [0.15, 0.2) is 5.69 Å². The van der Waals surface area contributed by atoms with E-state index in [4.69, 9.17) is 4.74 Å². The van der Waals surface area contributed by atoms with Crippen molar-refractivity contribution in [3.8, 4) is 22.7 Å². The van der Waals surface area contributed by atoms with Gasteiger partial charge < -0.3 is 9.84 Å². The van der Waals surface area contributed by atoms with Crippen LogP contribution in [0.3, 0.4) is 0 Å². The minimum atomic E-state index is -1.05. The molecule has 0 unspecified atom stereocenters. The van der Waals surface area contributed by atoms with Gasteiger partial charge in [0.25, 0.3) is 0 Å². The molecule has 0 radical (unpaired) electrons. The molecule has 1 heterocycles. The zero-order valence-corrected chi connectivity index (χ0v) is 14.5. The Labute approximate surface area is 146 Å². The molecule has 0 saturated carbocycles. The van der Waals surface area contributed by atoms with Crippen molar-refractivity contribution in [3.63, 3.8) is 0 Å². The SMILES string of the molecule is CCc1ccc(-n2nc(C(=O)O)cc2-c2ccc(OC)c(C)c2)cc1. The summed E-state index contributed by atoms with van der Waals surface area (Å²) in [6.45, 7) is 4.05. The fourth-order valence-electron chi connectivity index (χ4n) is 2.80. The van der Waals surface area contributed by atoms with Gasteiger partial charge in [0.2, 0.25) is 0 Å². The molecule has 128 valence electrons. The van der Waals surface area contributed by atoms with E-state index in [2.05, 4.69) is 12.0 Å². The lowest BCUT2D eigenvalue weighted by molar-refractivity contribution is 0.0690. The van der Waals surface area contributed by atoms with Crippen molar-refractivity contribution >= 4 is 5.97 Å². The zero-order valence-electron chi connectivity index (χ0n) is 14.5. The van der Waals surface area contributed by atoms with Gasteiger partial charge in [-0.15, -0.1) is 0 Å². The average Bonchev–Trinajstić information content (AvgIpc) is 3.07. The lowest BCUT2D eigenvalue weighted by Gasteiger charge is -2.10. The fraction of sp³-hybridized carbons (Fsp3) is 0.200. The van der Waals surface area contributed by atoms with Gasteiger partial charge in [-0.05, 0) is 60.9 Å². The number of aromatic carboxylic acids is 1. The van der Waals surface area contributed by atoms with Crippen molar-refractivity contribution in [1.29, 1.82) is 0 Å². The second kappa shape index (κ2) is 6.81. The van der Waals surface area contributed by atoms with Crippen LogP contribution in [-0.2, 0) is 6.42 Å². The molecule has 0 fully saturated rings. The Morgan fingerprint density at radius 1 is 1.16 bits per heavy atom. The predicted octanol–water partition coefficient (Wildman–Crippen LogP) is 4.12. The van der Waals surface area contributed by atoms with Gasteiger partial charge in [0, 0.05) is 5.56 Å². The summed E-state index contributed by atoms with van der Waals surface area (Å²) in [5, 5.41) is 13.6. The van der Waals surface area contributed by atoms with E-state index in [1.54, 1.807) is 17.9 Å². The number of nitrogens with zero attached hydrogens (tertiary/aromatic N) is 2. The van der Waals surface area contributed by atoms with Gasteiger partial charge in [-0.3, -0.25) is 0 Å². The maximum absolute atomic E-state index is 11.4. The van der Waals surface area contributed by atoms with Crippen LogP contribution in [0.5, 0.6) is 5.75 Å². The number of benzene rings is 2. The van der Waals surface area contributed by atoms with Crippen LogP contribution in [0.25, 0.3) is 16.9 Å². The molecule has 1 aromatic heterocycles. The molecule has 1 N–H and O–H groups in total. The molecule has 3 aromatic rings. The zero-order chi connectivity index (χ0) is 18.0. The molecule has 3 rings (SSSR count). The third-order valence-electron chi connectivity index (χ3n) is 4.21. The summed E-state index contributed by atoms with van der Waals surface area (Å²) < 4.78 is 6.97. The molecule has 0 aliphatic rings. The van der Waals surface area contributed by atoms with Gasteiger partial charge in [0.05, 0.1) is 18.5 Å². The van der Waals surface area contributed by atoms with Crippen LogP contribution < -0.4 is 4.74 Å². The number of ether oxygens (including phenoxy) is 1. The largest absolute Gasteiger partial charge is 0.496 e. The summed E-state index contributed by atoms with van der Waals surface area (Å²) in [6.07, 6.45) is 0.949. The van der Waals surface area contributed by atoms with Gasteiger partial charge >= 0.3 is 5.97 Å². The van der Waals surface area contributed by atoms with Gasteiger partial charge in [-0.1, -0.05) is 19.1 Å². The van der Waals surface area contributed by atoms with E-state index in [9.17, 15) is 9.90 Å². The van der Waals surface area contributed by atoms with E-state index in [-0.39, 0.29) is 5.69 Å². The third-order valence-corrected chi connectivity index (χ3v) is 4.21. The number of hydrogen-bond acceptors (Lipinski definition) is 3. The number of rotatable bonds is 5. The number of aromatic nitrogens is 2. The molecule has 5 nitrogen and oxygen atoms in total. The molecule has 25 heavy (non-hydrogen) atoms. The Hall–Kier alpha value is -3.08. The first-order valence-corrected chi connectivity index (χ1v) is 8.11. The smallest absolute Gasteiger partial charge is 0.356 e. The van der Waals surface area contributed by atoms with E-state index in [1.807, 2.05) is 49.4 Å². The normalized spacial score (nSPS) is 10.7. The van der Waals surface area contributed by atoms with Crippen molar-refractivity contribution < 1.29 is 14.6 Å². The first kappa shape index (κ1) is 16.8. The number of carbonyl (C=O) groups is 1. The summed E-state index contributed by atoms with van der Waals surface area (Å²) in [7, 11) is 1.63. The molecular formula is C20H20N2O3. The Balaban J connectivity index is 2.14. The molecule has 0 amide bonds. The molecule has 0 atom stereocenters. The van der Waals surface area contributed by atoms with Crippen LogP contribution in [0, 0.1) is 6.92 Å². The fourth-order valence-corrected chi connectivity index (χ4v) is 2.80. The van der Waals surface area contributed by atoms with Crippen molar-refractivity contribution in [1.82, 2.24) is 9.78 Å². The van der Waals surface area contributed by atoms with Crippen LogP contribution >= 0.6 is 0 Å².